The monoisotopic (exact) mass is 349 g/mol. The minimum atomic E-state index is -3.95. The number of aryl methyl sites for hydroxylation is 1. The highest BCUT2D eigenvalue weighted by Crippen LogP contribution is 2.37. The third kappa shape index (κ3) is 3.31. The van der Waals surface area contributed by atoms with Crippen molar-refractivity contribution < 1.29 is 22.3 Å². The summed E-state index contributed by atoms with van der Waals surface area (Å²) >= 11 is 1.18. The molecular formula is C14H12BNO5S2. The van der Waals surface area contributed by atoms with Crippen LogP contribution in [0.5, 0.6) is 10.8 Å². The van der Waals surface area contributed by atoms with E-state index in [4.69, 9.17) is 13.9 Å². The molecule has 118 valence electrons. The van der Waals surface area contributed by atoms with Crippen molar-refractivity contribution in [1.82, 2.24) is 4.98 Å². The van der Waals surface area contributed by atoms with Crippen LogP contribution in [0.1, 0.15) is 5.56 Å². The van der Waals surface area contributed by atoms with E-state index in [0.29, 0.717) is 15.1 Å². The fraction of sp³-hybridized carbons (Fsp3) is 0.0714. The molecule has 0 fully saturated rings. The van der Waals surface area contributed by atoms with Crippen molar-refractivity contribution >= 4 is 39.2 Å². The third-order valence-electron chi connectivity index (χ3n) is 3.08. The zero-order valence-corrected chi connectivity index (χ0v) is 13.7. The molecule has 0 spiro atoms. The summed E-state index contributed by atoms with van der Waals surface area (Å²) in [5.74, 6) is 0.126. The van der Waals surface area contributed by atoms with Crippen LogP contribution in [-0.4, -0.2) is 26.1 Å². The Morgan fingerprint density at radius 2 is 1.96 bits per heavy atom. The van der Waals surface area contributed by atoms with Crippen molar-refractivity contribution in [2.24, 2.45) is 0 Å². The normalized spacial score (nSPS) is 11.4. The zero-order chi connectivity index (χ0) is 16.4. The molecule has 0 saturated carbocycles. The predicted octanol–water partition coefficient (Wildman–Crippen LogP) is 2.01. The largest absolute Gasteiger partial charge is 0.531 e. The standard InChI is InChI=1S/C14H12BNO5S2/c1-9-2-4-11(5-3-9)23(18,19)21-12-8-16-7-10-6-13(20-15-17)22-14(10)12/h2-8,15,17H,1H3. The summed E-state index contributed by atoms with van der Waals surface area (Å²) in [4.78, 5) is 4.05. The number of pyridine rings is 1. The molecule has 1 aromatic carbocycles. The Balaban J connectivity index is 1.98. The fourth-order valence-electron chi connectivity index (χ4n) is 1.98. The van der Waals surface area contributed by atoms with Gasteiger partial charge in [0.05, 0.1) is 10.9 Å². The minimum Gasteiger partial charge on any atom is -0.531 e. The Bertz CT molecular complexity index is 937. The molecule has 0 unspecified atom stereocenters. The van der Waals surface area contributed by atoms with E-state index in [1.807, 2.05) is 6.92 Å². The molecule has 6 nitrogen and oxygen atoms in total. The van der Waals surface area contributed by atoms with E-state index in [-0.39, 0.29) is 10.6 Å². The van der Waals surface area contributed by atoms with E-state index >= 15 is 0 Å². The van der Waals surface area contributed by atoms with Gasteiger partial charge in [-0.3, -0.25) is 4.98 Å². The van der Waals surface area contributed by atoms with Crippen LogP contribution in [0.15, 0.2) is 47.6 Å². The van der Waals surface area contributed by atoms with Crippen LogP contribution < -0.4 is 8.84 Å². The lowest BCUT2D eigenvalue weighted by Gasteiger charge is -2.07. The maximum Gasteiger partial charge on any atom is 0.504 e. The highest BCUT2D eigenvalue weighted by Gasteiger charge is 2.19. The first kappa shape index (κ1) is 15.8. The number of aromatic nitrogens is 1. The summed E-state index contributed by atoms with van der Waals surface area (Å²) in [5.41, 5.74) is 0.955. The molecule has 0 amide bonds. The van der Waals surface area contributed by atoms with Crippen molar-refractivity contribution in [2.75, 3.05) is 0 Å². The van der Waals surface area contributed by atoms with Gasteiger partial charge in [-0.25, -0.2) is 0 Å². The van der Waals surface area contributed by atoms with Gasteiger partial charge in [-0.2, -0.15) is 8.42 Å². The van der Waals surface area contributed by atoms with E-state index in [0.717, 1.165) is 5.56 Å². The van der Waals surface area contributed by atoms with Gasteiger partial charge in [0.25, 0.3) is 0 Å². The number of rotatable bonds is 5. The lowest BCUT2D eigenvalue weighted by atomic mass is 10.2. The third-order valence-corrected chi connectivity index (χ3v) is 5.41. The number of hydrogen-bond acceptors (Lipinski definition) is 7. The van der Waals surface area contributed by atoms with Crippen molar-refractivity contribution in [3.05, 3.63) is 48.3 Å². The summed E-state index contributed by atoms with van der Waals surface area (Å²) in [6.45, 7) is 1.87. The summed E-state index contributed by atoms with van der Waals surface area (Å²) < 4.78 is 35.6. The number of hydrogen-bond donors (Lipinski definition) is 1. The molecule has 1 N–H and O–H groups in total. The van der Waals surface area contributed by atoms with Gasteiger partial charge in [0.1, 0.15) is 4.90 Å². The van der Waals surface area contributed by atoms with Crippen molar-refractivity contribution in [1.29, 1.82) is 0 Å². The van der Waals surface area contributed by atoms with Crippen molar-refractivity contribution in [2.45, 2.75) is 11.8 Å². The highest BCUT2D eigenvalue weighted by molar-refractivity contribution is 7.87. The summed E-state index contributed by atoms with van der Waals surface area (Å²) in [6, 6.07) is 8.05. The van der Waals surface area contributed by atoms with Crippen LogP contribution in [0.2, 0.25) is 0 Å². The maximum atomic E-state index is 12.4. The van der Waals surface area contributed by atoms with Crippen molar-refractivity contribution in [3.63, 3.8) is 0 Å². The number of benzene rings is 1. The summed E-state index contributed by atoms with van der Waals surface area (Å²) in [7, 11) is -4.41. The van der Waals surface area contributed by atoms with Crippen LogP contribution in [0.25, 0.3) is 10.1 Å². The first-order chi connectivity index (χ1) is 11.0. The lowest BCUT2D eigenvalue weighted by molar-refractivity contribution is 0.461. The molecule has 23 heavy (non-hydrogen) atoms. The second kappa shape index (κ2) is 6.19. The fourth-order valence-corrected chi connectivity index (χ4v) is 3.88. The van der Waals surface area contributed by atoms with Gasteiger partial charge >= 0.3 is 17.8 Å². The van der Waals surface area contributed by atoms with E-state index in [9.17, 15) is 8.42 Å². The van der Waals surface area contributed by atoms with Crippen molar-refractivity contribution in [3.8, 4) is 10.8 Å². The van der Waals surface area contributed by atoms with E-state index < -0.39 is 17.8 Å². The molecule has 3 aromatic rings. The first-order valence-electron chi connectivity index (χ1n) is 6.62. The molecule has 3 rings (SSSR count). The van der Waals surface area contributed by atoms with E-state index in [2.05, 4.69) is 4.98 Å². The number of fused-ring (bicyclic) bond motifs is 1. The molecular weight excluding hydrogens is 337 g/mol. The quantitative estimate of drug-likeness (QED) is 0.560. The predicted molar refractivity (Wildman–Crippen MR) is 88.6 cm³/mol. The molecule has 9 heteroatoms. The first-order valence-corrected chi connectivity index (χ1v) is 8.84. The Labute approximate surface area is 137 Å². The van der Waals surface area contributed by atoms with Gasteiger partial charge in [-0.1, -0.05) is 29.0 Å². The Kier molecular flexibility index (Phi) is 4.25. The van der Waals surface area contributed by atoms with Crippen LogP contribution >= 0.6 is 11.3 Å². The molecule has 2 aromatic heterocycles. The SMILES string of the molecule is Cc1ccc(S(=O)(=O)Oc2cncc3cc(OBO)sc23)cc1. The number of nitrogens with zero attached hydrogens (tertiary/aromatic N) is 1. The summed E-state index contributed by atoms with van der Waals surface area (Å²) in [6.07, 6.45) is 2.91. The molecule has 0 aliphatic heterocycles. The molecule has 0 radical (unpaired) electrons. The van der Waals surface area contributed by atoms with Gasteiger partial charge < -0.3 is 13.9 Å². The van der Waals surface area contributed by atoms with E-state index in [1.54, 1.807) is 24.4 Å². The summed E-state index contributed by atoms with van der Waals surface area (Å²) in [5, 5.41) is 9.94. The van der Waals surface area contributed by atoms with Crippen LogP contribution in [0, 0.1) is 6.92 Å². The van der Waals surface area contributed by atoms with Gasteiger partial charge in [0.2, 0.25) is 0 Å². The van der Waals surface area contributed by atoms with Crippen LogP contribution in [-0.2, 0) is 10.1 Å². The molecule has 0 saturated heterocycles. The zero-order valence-electron chi connectivity index (χ0n) is 12.1. The minimum absolute atomic E-state index is 0.0727. The molecule has 2 heterocycles. The maximum absolute atomic E-state index is 12.4. The molecule has 0 atom stereocenters. The van der Waals surface area contributed by atoms with Crippen LogP contribution in [0.3, 0.4) is 0 Å². The second-order valence-electron chi connectivity index (χ2n) is 4.75. The Morgan fingerprint density at radius 1 is 1.22 bits per heavy atom. The van der Waals surface area contributed by atoms with Gasteiger partial charge in [-0.15, -0.1) is 0 Å². The Hall–Kier alpha value is -2.10. The van der Waals surface area contributed by atoms with Gasteiger partial charge in [0.15, 0.2) is 10.8 Å². The topological polar surface area (TPSA) is 85.7 Å². The average Bonchev–Trinajstić information content (AvgIpc) is 2.91. The number of thiophene rings is 1. The molecule has 0 bridgehead atoms. The highest BCUT2D eigenvalue weighted by atomic mass is 32.2. The average molecular weight is 349 g/mol. The molecule has 0 aliphatic rings. The Morgan fingerprint density at radius 3 is 2.65 bits per heavy atom. The lowest BCUT2D eigenvalue weighted by Crippen LogP contribution is -2.09. The van der Waals surface area contributed by atoms with Crippen LogP contribution in [0.4, 0.5) is 0 Å². The van der Waals surface area contributed by atoms with E-state index in [1.165, 1.54) is 29.7 Å². The smallest absolute Gasteiger partial charge is 0.504 e. The second-order valence-corrected chi connectivity index (χ2v) is 7.31. The molecule has 0 aliphatic carbocycles. The van der Waals surface area contributed by atoms with Gasteiger partial charge in [0, 0.05) is 11.6 Å². The van der Waals surface area contributed by atoms with Gasteiger partial charge in [-0.05, 0) is 25.1 Å².